The van der Waals surface area contributed by atoms with Crippen molar-refractivity contribution >= 4 is 17.8 Å². The lowest BCUT2D eigenvalue weighted by Crippen LogP contribution is -2.43. The molecule has 1 atom stereocenters. The third-order valence-electron chi connectivity index (χ3n) is 2.68. The summed E-state index contributed by atoms with van der Waals surface area (Å²) < 4.78 is 0. The molecule has 0 radical (unpaired) electrons. The normalized spacial score (nSPS) is 15.8. The van der Waals surface area contributed by atoms with E-state index >= 15 is 0 Å². The topological polar surface area (TPSA) is 151 Å². The molecule has 1 aromatic rings. The summed E-state index contributed by atoms with van der Waals surface area (Å²) in [5, 5.41) is 17.3. The lowest BCUT2D eigenvalue weighted by molar-refractivity contribution is -0.140. The average molecular weight is 267 g/mol. The Bertz CT molecular complexity index is 522. The van der Waals surface area contributed by atoms with Gasteiger partial charge in [-0.15, -0.1) is 5.10 Å². The number of hydrogen-bond donors (Lipinski definition) is 4. The fraction of sp³-hybridized carbons (Fsp3) is 0.500. The Hall–Kier alpha value is -2.45. The second-order valence-corrected chi connectivity index (χ2v) is 4.35. The van der Waals surface area contributed by atoms with Crippen LogP contribution < -0.4 is 11.1 Å². The zero-order valence-electron chi connectivity index (χ0n) is 9.92. The molecule has 1 saturated carbocycles. The summed E-state index contributed by atoms with van der Waals surface area (Å²) in [5.74, 6) is -2.14. The SMILES string of the molecule is NC(=O)C[C@H](NC(=O)c1n[nH]c(C2CC2)n1)C(=O)O. The lowest BCUT2D eigenvalue weighted by Gasteiger charge is -2.10. The van der Waals surface area contributed by atoms with E-state index in [1.807, 2.05) is 0 Å². The fourth-order valence-electron chi connectivity index (χ4n) is 1.54. The van der Waals surface area contributed by atoms with Crippen molar-refractivity contribution < 1.29 is 19.5 Å². The number of aliphatic carboxylic acids is 1. The monoisotopic (exact) mass is 267 g/mol. The van der Waals surface area contributed by atoms with E-state index in [0.29, 0.717) is 11.7 Å². The number of aromatic amines is 1. The Morgan fingerprint density at radius 2 is 2.16 bits per heavy atom. The maximum absolute atomic E-state index is 11.7. The molecule has 0 aliphatic heterocycles. The van der Waals surface area contributed by atoms with Crippen molar-refractivity contribution in [1.29, 1.82) is 0 Å². The van der Waals surface area contributed by atoms with E-state index in [-0.39, 0.29) is 5.82 Å². The molecule has 102 valence electrons. The quantitative estimate of drug-likeness (QED) is 0.505. The van der Waals surface area contributed by atoms with Gasteiger partial charge in [0.2, 0.25) is 11.7 Å². The Kier molecular flexibility index (Phi) is 3.45. The van der Waals surface area contributed by atoms with E-state index in [0.717, 1.165) is 12.8 Å². The predicted octanol–water partition coefficient (Wildman–Crippen LogP) is -1.26. The highest BCUT2D eigenvalue weighted by Crippen LogP contribution is 2.37. The van der Waals surface area contributed by atoms with Crippen LogP contribution in [0.25, 0.3) is 0 Å². The van der Waals surface area contributed by atoms with Crippen LogP contribution in [0.15, 0.2) is 0 Å². The van der Waals surface area contributed by atoms with Crippen molar-refractivity contribution in [2.75, 3.05) is 0 Å². The molecule has 2 rings (SSSR count). The number of nitrogens with one attached hydrogen (secondary N) is 2. The van der Waals surface area contributed by atoms with Crippen LogP contribution >= 0.6 is 0 Å². The van der Waals surface area contributed by atoms with E-state index in [9.17, 15) is 14.4 Å². The van der Waals surface area contributed by atoms with Crippen LogP contribution in [0.4, 0.5) is 0 Å². The van der Waals surface area contributed by atoms with Gasteiger partial charge in [-0.3, -0.25) is 14.7 Å². The molecule has 1 heterocycles. The molecular weight excluding hydrogens is 254 g/mol. The Labute approximate surface area is 107 Å². The summed E-state index contributed by atoms with van der Waals surface area (Å²) in [4.78, 5) is 37.3. The molecule has 0 unspecified atom stereocenters. The average Bonchev–Trinajstić information content (AvgIpc) is 3.05. The molecule has 0 bridgehead atoms. The predicted molar refractivity (Wildman–Crippen MR) is 61.1 cm³/mol. The smallest absolute Gasteiger partial charge is 0.326 e. The first kappa shape index (κ1) is 13.0. The molecule has 9 nitrogen and oxygen atoms in total. The number of H-pyrrole nitrogens is 1. The van der Waals surface area contributed by atoms with E-state index in [1.165, 1.54) is 0 Å². The number of nitrogens with two attached hydrogens (primary N) is 1. The molecule has 5 N–H and O–H groups in total. The molecular formula is C10H13N5O4. The van der Waals surface area contributed by atoms with Gasteiger partial charge in [-0.1, -0.05) is 0 Å². The van der Waals surface area contributed by atoms with Crippen LogP contribution in [0.2, 0.25) is 0 Å². The number of carbonyl (C=O) groups excluding carboxylic acids is 2. The van der Waals surface area contributed by atoms with Gasteiger partial charge in [0.05, 0.1) is 6.42 Å². The standard InChI is InChI=1S/C10H13N5O4/c11-6(16)3-5(10(18)19)12-9(17)8-13-7(14-15-8)4-1-2-4/h4-5H,1-3H2,(H2,11,16)(H,12,17)(H,18,19)(H,13,14,15)/t5-/m0/s1. The highest BCUT2D eigenvalue weighted by atomic mass is 16.4. The van der Waals surface area contributed by atoms with Gasteiger partial charge in [-0.25, -0.2) is 9.78 Å². The van der Waals surface area contributed by atoms with E-state index < -0.39 is 30.2 Å². The number of rotatable bonds is 6. The molecule has 1 aromatic heterocycles. The lowest BCUT2D eigenvalue weighted by atomic mass is 10.2. The summed E-state index contributed by atoms with van der Waals surface area (Å²) in [6.45, 7) is 0. The number of aromatic nitrogens is 3. The van der Waals surface area contributed by atoms with Crippen LogP contribution in [0.1, 0.15) is 41.6 Å². The molecule has 19 heavy (non-hydrogen) atoms. The summed E-state index contributed by atoms with van der Waals surface area (Å²) in [6.07, 6.45) is 1.51. The van der Waals surface area contributed by atoms with Gasteiger partial charge in [0, 0.05) is 5.92 Å². The molecule has 1 fully saturated rings. The van der Waals surface area contributed by atoms with Gasteiger partial charge in [-0.2, -0.15) is 0 Å². The molecule has 0 spiro atoms. The van der Waals surface area contributed by atoms with Crippen molar-refractivity contribution in [3.05, 3.63) is 11.6 Å². The van der Waals surface area contributed by atoms with Crippen LogP contribution in [-0.4, -0.2) is 44.1 Å². The fourth-order valence-corrected chi connectivity index (χ4v) is 1.54. The van der Waals surface area contributed by atoms with Gasteiger partial charge < -0.3 is 16.2 Å². The Morgan fingerprint density at radius 1 is 1.47 bits per heavy atom. The van der Waals surface area contributed by atoms with E-state index in [2.05, 4.69) is 20.5 Å². The molecule has 1 aliphatic carbocycles. The summed E-state index contributed by atoms with van der Waals surface area (Å²) in [5.41, 5.74) is 4.91. The first-order chi connectivity index (χ1) is 8.97. The van der Waals surface area contributed by atoms with Crippen molar-refractivity contribution in [3.63, 3.8) is 0 Å². The first-order valence-electron chi connectivity index (χ1n) is 5.71. The molecule has 2 amide bonds. The first-order valence-corrected chi connectivity index (χ1v) is 5.71. The van der Waals surface area contributed by atoms with Gasteiger partial charge in [0.15, 0.2) is 0 Å². The van der Waals surface area contributed by atoms with Crippen molar-refractivity contribution in [2.45, 2.75) is 31.2 Å². The van der Waals surface area contributed by atoms with Crippen LogP contribution in [-0.2, 0) is 9.59 Å². The van der Waals surface area contributed by atoms with Crippen molar-refractivity contribution in [1.82, 2.24) is 20.5 Å². The Balaban J connectivity index is 2.00. The third kappa shape index (κ3) is 3.27. The largest absolute Gasteiger partial charge is 0.480 e. The van der Waals surface area contributed by atoms with Crippen molar-refractivity contribution in [3.8, 4) is 0 Å². The minimum Gasteiger partial charge on any atom is -0.480 e. The number of hydrogen-bond acceptors (Lipinski definition) is 5. The highest BCUT2D eigenvalue weighted by molar-refractivity contribution is 5.94. The van der Waals surface area contributed by atoms with Crippen LogP contribution in [0.5, 0.6) is 0 Å². The number of carboxylic acid groups (broad SMARTS) is 1. The van der Waals surface area contributed by atoms with Gasteiger partial charge in [0.25, 0.3) is 5.91 Å². The number of primary amides is 1. The zero-order valence-corrected chi connectivity index (χ0v) is 9.92. The van der Waals surface area contributed by atoms with E-state index in [4.69, 9.17) is 10.8 Å². The maximum atomic E-state index is 11.7. The second-order valence-electron chi connectivity index (χ2n) is 4.35. The maximum Gasteiger partial charge on any atom is 0.326 e. The van der Waals surface area contributed by atoms with Gasteiger partial charge in [-0.05, 0) is 12.8 Å². The number of carboxylic acids is 1. The second kappa shape index (κ2) is 5.04. The third-order valence-corrected chi connectivity index (χ3v) is 2.68. The molecule has 0 saturated heterocycles. The van der Waals surface area contributed by atoms with Crippen LogP contribution in [0.3, 0.4) is 0 Å². The highest BCUT2D eigenvalue weighted by Gasteiger charge is 2.29. The summed E-state index contributed by atoms with van der Waals surface area (Å²) in [7, 11) is 0. The summed E-state index contributed by atoms with van der Waals surface area (Å²) >= 11 is 0. The number of amides is 2. The van der Waals surface area contributed by atoms with Crippen LogP contribution in [0, 0.1) is 0 Å². The zero-order chi connectivity index (χ0) is 14.0. The Morgan fingerprint density at radius 3 is 2.68 bits per heavy atom. The van der Waals surface area contributed by atoms with Gasteiger partial charge >= 0.3 is 5.97 Å². The minimum absolute atomic E-state index is 0.141. The van der Waals surface area contributed by atoms with E-state index in [1.54, 1.807) is 0 Å². The minimum atomic E-state index is -1.38. The number of nitrogens with zero attached hydrogens (tertiary/aromatic N) is 2. The molecule has 1 aliphatic rings. The van der Waals surface area contributed by atoms with Crippen molar-refractivity contribution in [2.24, 2.45) is 5.73 Å². The summed E-state index contributed by atoms with van der Waals surface area (Å²) in [6, 6.07) is -1.38. The number of carbonyl (C=O) groups is 3. The molecule has 0 aromatic carbocycles. The van der Waals surface area contributed by atoms with Gasteiger partial charge in [0.1, 0.15) is 11.9 Å². The molecule has 9 heteroatoms.